The maximum Gasteiger partial charge on any atom is 0.264 e. The monoisotopic (exact) mass is 294 g/mol. The molecule has 0 saturated heterocycles. The number of hydrogen-bond donors (Lipinski definition) is 4. The molecular weight excluding hydrogens is 276 g/mol. The van der Waals surface area contributed by atoms with E-state index in [4.69, 9.17) is 5.73 Å². The van der Waals surface area contributed by atoms with Gasteiger partial charge >= 0.3 is 0 Å². The molecule has 1 amide bonds. The predicted molar refractivity (Wildman–Crippen MR) is 81.0 cm³/mol. The van der Waals surface area contributed by atoms with Gasteiger partial charge in [0.1, 0.15) is 4.88 Å². The van der Waals surface area contributed by atoms with Crippen LogP contribution in [0.15, 0.2) is 18.2 Å². The van der Waals surface area contributed by atoms with Crippen LogP contribution in [0.5, 0.6) is 0 Å². The van der Waals surface area contributed by atoms with Crippen molar-refractivity contribution in [3.8, 4) is 0 Å². The van der Waals surface area contributed by atoms with Gasteiger partial charge in [0, 0.05) is 10.1 Å². The van der Waals surface area contributed by atoms with Crippen molar-refractivity contribution in [1.29, 1.82) is 0 Å². The maximum absolute atomic E-state index is 12.3. The first kappa shape index (κ1) is 14.8. The number of carbonyl (C=O) groups is 1. The van der Waals surface area contributed by atoms with E-state index in [1.807, 2.05) is 25.1 Å². The van der Waals surface area contributed by atoms with E-state index >= 15 is 0 Å². The van der Waals surface area contributed by atoms with Gasteiger partial charge in [-0.15, -0.1) is 11.3 Å². The van der Waals surface area contributed by atoms with Gasteiger partial charge in [-0.05, 0) is 25.5 Å². The van der Waals surface area contributed by atoms with Crippen LogP contribution in [-0.4, -0.2) is 34.9 Å². The Morgan fingerprint density at radius 2 is 2.05 bits per heavy atom. The minimum absolute atomic E-state index is 0.348. The molecule has 0 radical (unpaired) electrons. The fraction of sp³-hybridized carbons (Fsp3) is 0.357. The number of fused-ring (bicyclic) bond motifs is 1. The number of nitrogen functional groups attached to an aromatic ring is 1. The van der Waals surface area contributed by atoms with Gasteiger partial charge in [-0.25, -0.2) is 0 Å². The fourth-order valence-electron chi connectivity index (χ4n) is 1.85. The summed E-state index contributed by atoms with van der Waals surface area (Å²) in [6, 6.07) is 5.81. The summed E-state index contributed by atoms with van der Waals surface area (Å²) in [7, 11) is 0. The molecule has 1 aromatic carbocycles. The average molecular weight is 294 g/mol. The van der Waals surface area contributed by atoms with Gasteiger partial charge in [-0.2, -0.15) is 0 Å². The topological polar surface area (TPSA) is 95.6 Å². The second-order valence-corrected chi connectivity index (χ2v) is 6.23. The predicted octanol–water partition coefficient (Wildman–Crippen LogP) is 1.27. The van der Waals surface area contributed by atoms with Gasteiger partial charge in [0.2, 0.25) is 0 Å². The third-order valence-electron chi connectivity index (χ3n) is 3.20. The van der Waals surface area contributed by atoms with Crippen LogP contribution in [0.4, 0.5) is 5.69 Å². The Hall–Kier alpha value is -1.63. The number of rotatable bonds is 4. The molecule has 0 unspecified atom stereocenters. The molecule has 20 heavy (non-hydrogen) atoms. The number of nitrogens with one attached hydrogen (secondary N) is 1. The number of hydrogen-bond acceptors (Lipinski definition) is 5. The van der Waals surface area contributed by atoms with Crippen molar-refractivity contribution in [2.24, 2.45) is 0 Å². The molecule has 1 aromatic heterocycles. The third kappa shape index (κ3) is 2.63. The molecular formula is C14H18N2O3S. The zero-order valence-corrected chi connectivity index (χ0v) is 12.3. The average Bonchev–Trinajstić information content (AvgIpc) is 2.75. The summed E-state index contributed by atoms with van der Waals surface area (Å²) < 4.78 is 0.947. The van der Waals surface area contributed by atoms with Crippen molar-refractivity contribution in [2.45, 2.75) is 19.4 Å². The number of nitrogens with two attached hydrogens (primary N) is 1. The van der Waals surface area contributed by atoms with Crippen LogP contribution in [0.3, 0.4) is 0 Å². The van der Waals surface area contributed by atoms with Crippen LogP contribution in [0.2, 0.25) is 0 Å². The van der Waals surface area contributed by atoms with Crippen LogP contribution in [0, 0.1) is 6.92 Å². The van der Waals surface area contributed by atoms with E-state index in [2.05, 4.69) is 5.32 Å². The Labute approximate surface area is 121 Å². The van der Waals surface area contributed by atoms with E-state index in [1.165, 1.54) is 11.3 Å². The first-order valence-corrected chi connectivity index (χ1v) is 7.05. The quantitative estimate of drug-likeness (QED) is 0.683. The first-order valence-electron chi connectivity index (χ1n) is 6.23. The molecule has 0 saturated carbocycles. The molecule has 2 rings (SSSR count). The van der Waals surface area contributed by atoms with E-state index in [9.17, 15) is 15.0 Å². The molecule has 0 fully saturated rings. The highest BCUT2D eigenvalue weighted by atomic mass is 32.1. The lowest BCUT2D eigenvalue weighted by Gasteiger charge is -2.25. The van der Waals surface area contributed by atoms with Crippen LogP contribution in [-0.2, 0) is 0 Å². The van der Waals surface area contributed by atoms with Gasteiger partial charge < -0.3 is 21.3 Å². The van der Waals surface area contributed by atoms with Gasteiger partial charge in [0.05, 0.1) is 24.4 Å². The molecule has 5 nitrogen and oxygen atoms in total. The molecule has 0 spiro atoms. The smallest absolute Gasteiger partial charge is 0.264 e. The second-order valence-electron chi connectivity index (χ2n) is 5.18. The minimum atomic E-state index is -1.06. The number of carbonyl (C=O) groups excluding carboxylic acids is 1. The number of aliphatic hydroxyl groups is 2. The third-order valence-corrected chi connectivity index (χ3v) is 4.37. The number of amides is 1. The van der Waals surface area contributed by atoms with Crippen LogP contribution >= 0.6 is 11.3 Å². The van der Waals surface area contributed by atoms with Crippen LogP contribution in [0.25, 0.3) is 10.1 Å². The first-order chi connectivity index (χ1) is 9.40. The standard InChI is InChI=1S/C14H18N2O3S/c1-8-3-4-9-10(5-8)20-12(11(9)15)13(19)16-14(2,6-17)7-18/h3-5,17-18H,6-7,15H2,1-2H3,(H,16,19). The zero-order chi connectivity index (χ0) is 14.9. The van der Waals surface area contributed by atoms with Crippen molar-refractivity contribution in [3.63, 3.8) is 0 Å². The summed E-state index contributed by atoms with van der Waals surface area (Å²) >= 11 is 1.31. The normalized spacial score (nSPS) is 11.8. The summed E-state index contributed by atoms with van der Waals surface area (Å²) in [6.07, 6.45) is 0. The summed E-state index contributed by atoms with van der Waals surface area (Å²) in [4.78, 5) is 12.7. The molecule has 0 aliphatic carbocycles. The lowest BCUT2D eigenvalue weighted by Crippen LogP contribution is -2.51. The minimum Gasteiger partial charge on any atom is -0.397 e. The van der Waals surface area contributed by atoms with Crippen molar-refractivity contribution in [1.82, 2.24) is 5.32 Å². The number of thiophene rings is 1. The van der Waals surface area contributed by atoms with Gasteiger partial charge in [0.25, 0.3) is 5.91 Å². The molecule has 5 N–H and O–H groups in total. The summed E-state index contributed by atoms with van der Waals surface area (Å²) in [5.74, 6) is -0.382. The van der Waals surface area contributed by atoms with Crippen LogP contribution in [0.1, 0.15) is 22.2 Å². The molecule has 0 aliphatic heterocycles. The second kappa shape index (κ2) is 5.40. The van der Waals surface area contributed by atoms with Crippen molar-refractivity contribution < 1.29 is 15.0 Å². The largest absolute Gasteiger partial charge is 0.397 e. The lowest BCUT2D eigenvalue weighted by atomic mass is 10.1. The summed E-state index contributed by atoms with van der Waals surface area (Å²) in [5.41, 5.74) is 6.49. The lowest BCUT2D eigenvalue weighted by molar-refractivity contribution is 0.0728. The number of aliphatic hydroxyl groups excluding tert-OH is 2. The molecule has 0 aliphatic rings. The van der Waals surface area contributed by atoms with Gasteiger partial charge in [0.15, 0.2) is 0 Å². The van der Waals surface area contributed by atoms with Gasteiger partial charge in [-0.3, -0.25) is 4.79 Å². The van der Waals surface area contributed by atoms with Crippen molar-refractivity contribution in [3.05, 3.63) is 28.6 Å². The molecule has 1 heterocycles. The van der Waals surface area contributed by atoms with E-state index < -0.39 is 5.54 Å². The Morgan fingerprint density at radius 3 is 2.65 bits per heavy atom. The molecule has 0 bridgehead atoms. The summed E-state index contributed by atoms with van der Waals surface area (Å²) in [6.45, 7) is 2.85. The Balaban J connectivity index is 2.38. The Kier molecular flexibility index (Phi) is 3.99. The van der Waals surface area contributed by atoms with Crippen LogP contribution < -0.4 is 11.1 Å². The number of aryl methyl sites for hydroxylation is 1. The zero-order valence-electron chi connectivity index (χ0n) is 11.4. The highest BCUT2D eigenvalue weighted by molar-refractivity contribution is 7.21. The van der Waals surface area contributed by atoms with E-state index in [0.29, 0.717) is 10.6 Å². The maximum atomic E-state index is 12.3. The molecule has 6 heteroatoms. The Bertz CT molecular complexity index is 647. The number of benzene rings is 1. The Morgan fingerprint density at radius 1 is 1.40 bits per heavy atom. The van der Waals surface area contributed by atoms with Crippen molar-refractivity contribution >= 4 is 33.0 Å². The van der Waals surface area contributed by atoms with E-state index in [1.54, 1.807) is 6.92 Å². The number of anilines is 1. The highest BCUT2D eigenvalue weighted by Crippen LogP contribution is 2.34. The summed E-state index contributed by atoms with van der Waals surface area (Å²) in [5, 5.41) is 21.9. The van der Waals surface area contributed by atoms with Crippen molar-refractivity contribution in [2.75, 3.05) is 18.9 Å². The van der Waals surface area contributed by atoms with E-state index in [0.717, 1.165) is 15.6 Å². The fourth-order valence-corrected chi connectivity index (χ4v) is 2.97. The van der Waals surface area contributed by atoms with Gasteiger partial charge in [-0.1, -0.05) is 12.1 Å². The molecule has 2 aromatic rings. The SMILES string of the molecule is Cc1ccc2c(N)c(C(=O)NC(C)(CO)CO)sc2c1. The molecule has 108 valence electrons. The molecule has 0 atom stereocenters. The highest BCUT2D eigenvalue weighted by Gasteiger charge is 2.27. The van der Waals surface area contributed by atoms with E-state index in [-0.39, 0.29) is 19.1 Å².